The van der Waals surface area contributed by atoms with Gasteiger partial charge in [0.1, 0.15) is 5.75 Å². The molecule has 27 heavy (non-hydrogen) atoms. The van der Waals surface area contributed by atoms with E-state index >= 15 is 0 Å². The molecule has 2 aliphatic heterocycles. The number of nitrogens with zero attached hydrogens (tertiary/aromatic N) is 2. The van der Waals surface area contributed by atoms with E-state index in [9.17, 15) is 4.79 Å². The van der Waals surface area contributed by atoms with Crippen molar-refractivity contribution in [3.63, 3.8) is 0 Å². The molecule has 0 radical (unpaired) electrons. The molecule has 0 saturated carbocycles. The van der Waals surface area contributed by atoms with Crippen LogP contribution in [0, 0.1) is 0 Å². The normalized spacial score (nSPS) is 22.9. The number of hydrogen-bond donors (Lipinski definition) is 1. The highest BCUT2D eigenvalue weighted by Gasteiger charge is 2.45. The molecule has 1 atom stereocenters. The van der Waals surface area contributed by atoms with E-state index in [1.54, 1.807) is 21.1 Å². The summed E-state index contributed by atoms with van der Waals surface area (Å²) in [7, 11) is 5.66. The minimum Gasteiger partial charge on any atom is -0.496 e. The van der Waals surface area contributed by atoms with Gasteiger partial charge in [-0.25, -0.2) is 0 Å². The SMILES string of the molecule is COCc1ccc(OC)c(CN2CCC3(CC2)CC(NC(C)=O)CN3C)c1. The molecule has 3 rings (SSSR count). The third-order valence-corrected chi connectivity index (χ3v) is 6.17. The Morgan fingerprint density at radius 3 is 2.67 bits per heavy atom. The highest BCUT2D eigenvalue weighted by molar-refractivity contribution is 5.73. The van der Waals surface area contributed by atoms with Gasteiger partial charge in [-0.2, -0.15) is 0 Å². The summed E-state index contributed by atoms with van der Waals surface area (Å²) in [6, 6.07) is 6.58. The number of benzene rings is 1. The van der Waals surface area contributed by atoms with Crippen LogP contribution in [0.2, 0.25) is 0 Å². The fourth-order valence-corrected chi connectivity index (χ4v) is 4.75. The molecule has 0 aliphatic carbocycles. The van der Waals surface area contributed by atoms with Crippen LogP contribution in [-0.4, -0.2) is 68.2 Å². The summed E-state index contributed by atoms with van der Waals surface area (Å²) >= 11 is 0. The summed E-state index contributed by atoms with van der Waals surface area (Å²) in [5, 5.41) is 3.11. The maximum Gasteiger partial charge on any atom is 0.217 e. The van der Waals surface area contributed by atoms with Crippen LogP contribution in [0.1, 0.15) is 37.3 Å². The molecular formula is C21H33N3O3. The van der Waals surface area contributed by atoms with Crippen molar-refractivity contribution < 1.29 is 14.3 Å². The Morgan fingerprint density at radius 1 is 1.30 bits per heavy atom. The molecule has 0 aromatic heterocycles. The van der Waals surface area contributed by atoms with E-state index in [0.717, 1.165) is 51.2 Å². The average molecular weight is 376 g/mol. The number of ether oxygens (including phenoxy) is 2. The van der Waals surface area contributed by atoms with E-state index in [1.165, 1.54) is 11.1 Å². The van der Waals surface area contributed by atoms with E-state index in [0.29, 0.717) is 6.61 Å². The fourth-order valence-electron chi connectivity index (χ4n) is 4.75. The number of likely N-dealkylation sites (N-methyl/N-ethyl adjacent to an activating group) is 1. The predicted molar refractivity (Wildman–Crippen MR) is 106 cm³/mol. The second-order valence-corrected chi connectivity index (χ2v) is 8.06. The van der Waals surface area contributed by atoms with Crippen molar-refractivity contribution in [1.29, 1.82) is 0 Å². The highest BCUT2D eigenvalue weighted by atomic mass is 16.5. The number of rotatable bonds is 6. The Hall–Kier alpha value is -1.63. The molecule has 2 saturated heterocycles. The average Bonchev–Trinajstić information content (AvgIpc) is 2.92. The molecule has 2 fully saturated rings. The van der Waals surface area contributed by atoms with Gasteiger partial charge in [-0.3, -0.25) is 14.6 Å². The van der Waals surface area contributed by atoms with Crippen LogP contribution in [0.5, 0.6) is 5.75 Å². The van der Waals surface area contributed by atoms with Crippen LogP contribution in [-0.2, 0) is 22.7 Å². The van der Waals surface area contributed by atoms with Crippen molar-refractivity contribution in [2.75, 3.05) is 40.9 Å². The Morgan fingerprint density at radius 2 is 2.04 bits per heavy atom. The third kappa shape index (κ3) is 4.62. The minimum atomic E-state index is 0.0749. The number of hydrogen-bond acceptors (Lipinski definition) is 5. The maximum absolute atomic E-state index is 11.4. The van der Waals surface area contributed by atoms with Gasteiger partial charge in [0.15, 0.2) is 0 Å². The second-order valence-electron chi connectivity index (χ2n) is 8.06. The number of piperidine rings is 1. The van der Waals surface area contributed by atoms with Crippen molar-refractivity contribution in [2.45, 2.75) is 50.9 Å². The van der Waals surface area contributed by atoms with Crippen molar-refractivity contribution in [1.82, 2.24) is 15.1 Å². The van der Waals surface area contributed by atoms with Gasteiger partial charge in [-0.15, -0.1) is 0 Å². The first-order valence-corrected chi connectivity index (χ1v) is 9.81. The lowest BCUT2D eigenvalue weighted by Crippen LogP contribution is -2.50. The standard InChI is InChI=1S/C21H33N3O3/c1-16(25)22-19-12-21(23(2)14-19)7-9-24(10-8-21)13-18-11-17(15-26-3)5-6-20(18)27-4/h5-6,11,19H,7-10,12-15H2,1-4H3,(H,22,25). The zero-order valence-electron chi connectivity index (χ0n) is 17.1. The van der Waals surface area contributed by atoms with Gasteiger partial charge >= 0.3 is 0 Å². The summed E-state index contributed by atoms with van der Waals surface area (Å²) in [4.78, 5) is 16.4. The Balaban J connectivity index is 1.61. The number of carbonyl (C=O) groups is 1. The molecule has 150 valence electrons. The van der Waals surface area contributed by atoms with Crippen LogP contribution in [0.15, 0.2) is 18.2 Å². The van der Waals surface area contributed by atoms with E-state index in [4.69, 9.17) is 9.47 Å². The first-order valence-electron chi connectivity index (χ1n) is 9.81. The zero-order valence-corrected chi connectivity index (χ0v) is 17.1. The van der Waals surface area contributed by atoms with E-state index in [1.807, 2.05) is 6.07 Å². The van der Waals surface area contributed by atoms with Crippen LogP contribution in [0.4, 0.5) is 0 Å². The summed E-state index contributed by atoms with van der Waals surface area (Å²) in [5.41, 5.74) is 2.63. The predicted octanol–water partition coefficient (Wildman–Crippen LogP) is 2.02. The quantitative estimate of drug-likeness (QED) is 0.824. The summed E-state index contributed by atoms with van der Waals surface area (Å²) in [5.74, 6) is 1.02. The van der Waals surface area contributed by atoms with Crippen molar-refractivity contribution in [3.8, 4) is 5.75 Å². The van der Waals surface area contributed by atoms with E-state index < -0.39 is 0 Å². The van der Waals surface area contributed by atoms with Crippen LogP contribution < -0.4 is 10.1 Å². The Kier molecular flexibility index (Phi) is 6.40. The van der Waals surface area contributed by atoms with Crippen LogP contribution in [0.25, 0.3) is 0 Å². The number of carbonyl (C=O) groups excluding carboxylic acids is 1. The molecule has 1 amide bonds. The highest BCUT2D eigenvalue weighted by Crippen LogP contribution is 2.38. The first-order chi connectivity index (χ1) is 13.0. The van der Waals surface area contributed by atoms with Crippen LogP contribution in [0.3, 0.4) is 0 Å². The molecule has 6 heteroatoms. The molecule has 1 unspecified atom stereocenters. The number of methoxy groups -OCH3 is 2. The van der Waals surface area contributed by atoms with E-state index in [-0.39, 0.29) is 17.5 Å². The van der Waals surface area contributed by atoms with Gasteiger partial charge in [-0.1, -0.05) is 6.07 Å². The third-order valence-electron chi connectivity index (χ3n) is 6.17. The number of nitrogens with one attached hydrogen (secondary N) is 1. The minimum absolute atomic E-state index is 0.0749. The molecule has 1 N–H and O–H groups in total. The molecule has 6 nitrogen and oxygen atoms in total. The van der Waals surface area contributed by atoms with E-state index in [2.05, 4.69) is 34.3 Å². The second kappa shape index (κ2) is 8.59. The lowest BCUT2D eigenvalue weighted by Gasteiger charge is -2.43. The Bertz CT molecular complexity index is 656. The van der Waals surface area contributed by atoms with Crippen molar-refractivity contribution in [2.24, 2.45) is 0 Å². The lowest BCUT2D eigenvalue weighted by atomic mass is 9.84. The van der Waals surface area contributed by atoms with Gasteiger partial charge in [0, 0.05) is 57.4 Å². The molecule has 1 spiro atoms. The van der Waals surface area contributed by atoms with Gasteiger partial charge in [0.25, 0.3) is 0 Å². The largest absolute Gasteiger partial charge is 0.496 e. The number of likely N-dealkylation sites (tertiary alicyclic amines) is 2. The topological polar surface area (TPSA) is 54.0 Å². The molecule has 0 bridgehead atoms. The summed E-state index contributed by atoms with van der Waals surface area (Å²) in [6.07, 6.45) is 3.34. The van der Waals surface area contributed by atoms with Crippen LogP contribution >= 0.6 is 0 Å². The monoisotopic (exact) mass is 375 g/mol. The smallest absolute Gasteiger partial charge is 0.217 e. The van der Waals surface area contributed by atoms with Gasteiger partial charge in [0.2, 0.25) is 5.91 Å². The van der Waals surface area contributed by atoms with Crippen molar-refractivity contribution >= 4 is 5.91 Å². The number of amides is 1. The Labute approximate surface area is 162 Å². The van der Waals surface area contributed by atoms with Gasteiger partial charge < -0.3 is 14.8 Å². The van der Waals surface area contributed by atoms with Gasteiger partial charge in [0.05, 0.1) is 13.7 Å². The maximum atomic E-state index is 11.4. The molecule has 1 aromatic rings. The molecular weight excluding hydrogens is 342 g/mol. The fraction of sp³-hybridized carbons (Fsp3) is 0.667. The lowest BCUT2D eigenvalue weighted by molar-refractivity contribution is -0.119. The first kappa shape index (κ1) is 20.1. The zero-order chi connectivity index (χ0) is 19.4. The molecule has 2 aliphatic rings. The summed E-state index contributed by atoms with van der Waals surface area (Å²) < 4.78 is 10.8. The van der Waals surface area contributed by atoms with Gasteiger partial charge in [-0.05, 0) is 44.0 Å². The van der Waals surface area contributed by atoms with Crippen molar-refractivity contribution in [3.05, 3.63) is 29.3 Å². The summed E-state index contributed by atoms with van der Waals surface area (Å²) in [6.45, 7) is 6.21. The molecule has 2 heterocycles. The molecule has 1 aromatic carbocycles.